The van der Waals surface area contributed by atoms with Gasteiger partial charge < -0.3 is 10.6 Å². The number of nitrogens with zero attached hydrogens (tertiary/aromatic N) is 3. The number of hydrogen-bond acceptors (Lipinski definition) is 5. The smallest absolute Gasteiger partial charge is 0.249 e. The lowest BCUT2D eigenvalue weighted by Crippen LogP contribution is -2.45. The maximum absolute atomic E-state index is 13.0. The Morgan fingerprint density at radius 2 is 1.96 bits per heavy atom. The summed E-state index contributed by atoms with van der Waals surface area (Å²) in [6, 6.07) is 5.44. The summed E-state index contributed by atoms with van der Waals surface area (Å²) in [5.41, 5.74) is 3.62. The lowest BCUT2D eigenvalue weighted by molar-refractivity contribution is -0.118. The molecule has 1 aromatic carbocycles. The highest BCUT2D eigenvalue weighted by Gasteiger charge is 2.35. The predicted molar refractivity (Wildman–Crippen MR) is 103 cm³/mol. The molecule has 6 heteroatoms. The van der Waals surface area contributed by atoms with Crippen LogP contribution in [0.3, 0.4) is 0 Å². The molecule has 6 nitrogen and oxygen atoms in total. The summed E-state index contributed by atoms with van der Waals surface area (Å²) in [5.74, 6) is 0.989. The Kier molecular flexibility index (Phi) is 5.30. The van der Waals surface area contributed by atoms with E-state index in [-0.39, 0.29) is 11.9 Å². The van der Waals surface area contributed by atoms with Crippen LogP contribution in [0.15, 0.2) is 41.8 Å². The van der Waals surface area contributed by atoms with Crippen molar-refractivity contribution in [3.8, 4) is 0 Å². The number of para-hydroxylation sites is 1. The Morgan fingerprint density at radius 1 is 1.23 bits per heavy atom. The Morgan fingerprint density at radius 3 is 2.58 bits per heavy atom. The molecule has 0 aliphatic carbocycles. The van der Waals surface area contributed by atoms with Gasteiger partial charge in [-0.3, -0.25) is 14.8 Å². The van der Waals surface area contributed by atoms with E-state index >= 15 is 0 Å². The van der Waals surface area contributed by atoms with E-state index < -0.39 is 6.04 Å². The molecule has 0 bridgehead atoms. The van der Waals surface area contributed by atoms with Gasteiger partial charge in [-0.1, -0.05) is 32.0 Å². The van der Waals surface area contributed by atoms with E-state index in [1.807, 2.05) is 32.0 Å². The van der Waals surface area contributed by atoms with Gasteiger partial charge in [-0.05, 0) is 37.3 Å². The number of amides is 1. The van der Waals surface area contributed by atoms with Crippen molar-refractivity contribution >= 4 is 17.4 Å². The van der Waals surface area contributed by atoms with Gasteiger partial charge in [-0.2, -0.15) is 0 Å². The molecule has 0 saturated heterocycles. The van der Waals surface area contributed by atoms with Crippen molar-refractivity contribution in [2.45, 2.75) is 46.2 Å². The maximum Gasteiger partial charge on any atom is 0.249 e. The third-order valence-electron chi connectivity index (χ3n) is 4.50. The normalized spacial score (nSPS) is 19.2. The number of carbonyl (C=O) groups is 1. The standard InChI is InChI=1S/C20H25N5O/c1-12(2)10-15-18(24-19(23-15)16-11-21-8-9-22-16)20(26)25-17-13(3)6-5-7-14(17)4/h5-9,11-12,15,18H,10H2,1-4H3,(H,23,24)(H,25,26). The molecule has 0 spiro atoms. The van der Waals surface area contributed by atoms with Crippen LogP contribution >= 0.6 is 0 Å². The largest absolute Gasteiger partial charge is 0.355 e. The first-order valence-electron chi connectivity index (χ1n) is 8.93. The second kappa shape index (κ2) is 7.64. The molecule has 2 unspecified atom stereocenters. The molecule has 0 fully saturated rings. The summed E-state index contributed by atoms with van der Waals surface area (Å²) in [7, 11) is 0. The van der Waals surface area contributed by atoms with Gasteiger partial charge in [0.1, 0.15) is 17.6 Å². The highest BCUT2D eigenvalue weighted by atomic mass is 16.2. The molecule has 26 heavy (non-hydrogen) atoms. The zero-order valence-corrected chi connectivity index (χ0v) is 15.7. The summed E-state index contributed by atoms with van der Waals surface area (Å²) in [6.45, 7) is 8.27. The van der Waals surface area contributed by atoms with E-state index in [9.17, 15) is 4.79 Å². The van der Waals surface area contributed by atoms with Crippen LogP contribution in [0, 0.1) is 19.8 Å². The van der Waals surface area contributed by atoms with Gasteiger partial charge in [0.2, 0.25) is 5.91 Å². The molecule has 2 atom stereocenters. The van der Waals surface area contributed by atoms with E-state index in [4.69, 9.17) is 4.99 Å². The number of rotatable bonds is 5. The van der Waals surface area contributed by atoms with Crippen LogP contribution in [0.25, 0.3) is 0 Å². The van der Waals surface area contributed by atoms with Crippen LogP contribution in [0.4, 0.5) is 5.69 Å². The second-order valence-electron chi connectivity index (χ2n) is 7.14. The minimum absolute atomic E-state index is 0.0734. The number of amidine groups is 1. The number of nitrogens with one attached hydrogen (secondary N) is 2. The Balaban J connectivity index is 1.82. The summed E-state index contributed by atoms with van der Waals surface area (Å²) in [5, 5.41) is 6.34. The number of aliphatic imine (C=N–C) groups is 1. The average molecular weight is 351 g/mol. The fourth-order valence-corrected chi connectivity index (χ4v) is 3.21. The monoisotopic (exact) mass is 351 g/mol. The van der Waals surface area contributed by atoms with Crippen LogP contribution in [0.2, 0.25) is 0 Å². The fourth-order valence-electron chi connectivity index (χ4n) is 3.21. The minimum Gasteiger partial charge on any atom is -0.355 e. The van der Waals surface area contributed by atoms with Crippen molar-refractivity contribution in [2.75, 3.05) is 5.32 Å². The number of benzene rings is 1. The van der Waals surface area contributed by atoms with Gasteiger partial charge in [0.05, 0.1) is 12.2 Å². The van der Waals surface area contributed by atoms with Crippen molar-refractivity contribution in [3.63, 3.8) is 0 Å². The van der Waals surface area contributed by atoms with Crippen LogP contribution in [0.5, 0.6) is 0 Å². The molecule has 1 aromatic heterocycles. The van der Waals surface area contributed by atoms with Gasteiger partial charge >= 0.3 is 0 Å². The van der Waals surface area contributed by atoms with Crippen LogP contribution in [0.1, 0.15) is 37.1 Å². The summed E-state index contributed by atoms with van der Waals surface area (Å²) >= 11 is 0. The molecule has 136 valence electrons. The number of aromatic nitrogens is 2. The maximum atomic E-state index is 13.0. The highest BCUT2D eigenvalue weighted by molar-refractivity contribution is 6.05. The summed E-state index contributed by atoms with van der Waals surface area (Å²) < 4.78 is 0. The lowest BCUT2D eigenvalue weighted by Gasteiger charge is -2.21. The van der Waals surface area contributed by atoms with Gasteiger partial charge in [-0.15, -0.1) is 0 Å². The van der Waals surface area contributed by atoms with Gasteiger partial charge in [0.15, 0.2) is 0 Å². The lowest BCUT2D eigenvalue weighted by atomic mass is 9.98. The molecule has 2 heterocycles. The topological polar surface area (TPSA) is 79.3 Å². The van der Waals surface area contributed by atoms with Crippen LogP contribution in [-0.4, -0.2) is 33.8 Å². The molecular weight excluding hydrogens is 326 g/mol. The van der Waals surface area contributed by atoms with Gasteiger partial charge in [-0.25, -0.2) is 4.98 Å². The van der Waals surface area contributed by atoms with Gasteiger partial charge in [0, 0.05) is 18.1 Å². The number of hydrogen-bond donors (Lipinski definition) is 2. The summed E-state index contributed by atoms with van der Waals surface area (Å²) in [6.07, 6.45) is 5.72. The SMILES string of the molecule is Cc1cccc(C)c1NC(=O)C1NC(c2cnccn2)=NC1CC(C)C. The Labute approximate surface area is 154 Å². The van der Waals surface area contributed by atoms with E-state index in [0.717, 1.165) is 23.2 Å². The van der Waals surface area contributed by atoms with Crippen molar-refractivity contribution in [1.29, 1.82) is 0 Å². The van der Waals surface area contributed by atoms with Crippen molar-refractivity contribution in [3.05, 3.63) is 53.6 Å². The number of aryl methyl sites for hydroxylation is 2. The molecule has 2 N–H and O–H groups in total. The molecule has 1 aliphatic heterocycles. The molecule has 1 aliphatic rings. The fraction of sp³-hybridized carbons (Fsp3) is 0.400. The van der Waals surface area contributed by atoms with Crippen molar-refractivity contribution in [2.24, 2.45) is 10.9 Å². The Hall–Kier alpha value is -2.76. The molecule has 3 rings (SSSR count). The number of anilines is 1. The molecule has 0 saturated carbocycles. The first kappa shape index (κ1) is 18.0. The summed E-state index contributed by atoms with van der Waals surface area (Å²) in [4.78, 5) is 26.1. The van der Waals surface area contributed by atoms with Crippen molar-refractivity contribution < 1.29 is 4.79 Å². The first-order valence-corrected chi connectivity index (χ1v) is 8.93. The van der Waals surface area contributed by atoms with Crippen LogP contribution < -0.4 is 10.6 Å². The zero-order chi connectivity index (χ0) is 18.7. The van der Waals surface area contributed by atoms with Crippen LogP contribution in [-0.2, 0) is 4.79 Å². The van der Waals surface area contributed by atoms with E-state index in [1.165, 1.54) is 0 Å². The first-order chi connectivity index (χ1) is 12.5. The molecule has 0 radical (unpaired) electrons. The van der Waals surface area contributed by atoms with E-state index in [1.54, 1.807) is 18.6 Å². The third-order valence-corrected chi connectivity index (χ3v) is 4.50. The second-order valence-corrected chi connectivity index (χ2v) is 7.14. The van der Waals surface area contributed by atoms with E-state index in [0.29, 0.717) is 17.4 Å². The predicted octanol–water partition coefficient (Wildman–Crippen LogP) is 2.87. The molecule has 1 amide bonds. The molecular formula is C20H25N5O. The number of carbonyl (C=O) groups excluding carboxylic acids is 1. The highest BCUT2D eigenvalue weighted by Crippen LogP contribution is 2.23. The zero-order valence-electron chi connectivity index (χ0n) is 15.7. The van der Waals surface area contributed by atoms with Gasteiger partial charge in [0.25, 0.3) is 0 Å². The molecule has 2 aromatic rings. The average Bonchev–Trinajstić information content (AvgIpc) is 3.02. The van der Waals surface area contributed by atoms with E-state index in [2.05, 4.69) is 34.4 Å². The minimum atomic E-state index is -0.423. The third kappa shape index (κ3) is 3.90. The Bertz CT molecular complexity index is 796. The quantitative estimate of drug-likeness (QED) is 0.868. The van der Waals surface area contributed by atoms with Crippen molar-refractivity contribution in [1.82, 2.24) is 15.3 Å².